The maximum absolute atomic E-state index is 5.46. The van der Waals surface area contributed by atoms with E-state index in [9.17, 15) is 0 Å². The first-order valence-corrected chi connectivity index (χ1v) is 6.03. The molecule has 0 bridgehead atoms. The predicted octanol–water partition coefficient (Wildman–Crippen LogP) is 0.208. The molecule has 0 saturated carbocycles. The highest BCUT2D eigenvalue weighted by Gasteiger charge is 2.09. The molecule has 2 N–H and O–H groups in total. The quantitative estimate of drug-likeness (QED) is 0.777. The molecule has 2 aromatic rings. The minimum absolute atomic E-state index is 0.192. The zero-order chi connectivity index (χ0) is 13.1. The Bertz CT molecular complexity index is 542. The van der Waals surface area contributed by atoms with Crippen molar-refractivity contribution >= 4 is 17.2 Å². The van der Waals surface area contributed by atoms with Gasteiger partial charge in [-0.1, -0.05) is 26.1 Å². The normalized spacial score (nSPS) is 11.1. The molecular formula is C10H15N7S. The minimum Gasteiger partial charge on any atom is -0.387 e. The van der Waals surface area contributed by atoms with E-state index in [1.54, 1.807) is 17.3 Å². The minimum atomic E-state index is 0.192. The molecule has 96 valence electrons. The van der Waals surface area contributed by atoms with Gasteiger partial charge in [0.2, 0.25) is 5.82 Å². The molecule has 0 aliphatic rings. The summed E-state index contributed by atoms with van der Waals surface area (Å²) < 4.78 is 3.52. The van der Waals surface area contributed by atoms with Crippen molar-refractivity contribution in [2.45, 2.75) is 26.9 Å². The Morgan fingerprint density at radius 3 is 2.83 bits per heavy atom. The lowest BCUT2D eigenvalue weighted by Gasteiger charge is -2.07. The molecule has 18 heavy (non-hydrogen) atoms. The number of nitrogens with two attached hydrogens (primary N) is 1. The fraction of sp³-hybridized carbons (Fsp3) is 0.500. The molecule has 0 fully saturated rings. The largest absolute Gasteiger partial charge is 0.387 e. The van der Waals surface area contributed by atoms with E-state index in [1.807, 2.05) is 4.68 Å². The van der Waals surface area contributed by atoms with Crippen LogP contribution in [0.4, 0.5) is 0 Å². The van der Waals surface area contributed by atoms with Crippen molar-refractivity contribution in [3.63, 3.8) is 0 Å². The summed E-state index contributed by atoms with van der Waals surface area (Å²) >= 11 is 4.81. The summed E-state index contributed by atoms with van der Waals surface area (Å²) in [6.07, 6.45) is 3.13. The second-order valence-corrected chi connectivity index (χ2v) is 4.82. The highest BCUT2D eigenvalue weighted by molar-refractivity contribution is 7.80. The molecule has 2 heterocycles. The molecule has 0 unspecified atom stereocenters. The maximum Gasteiger partial charge on any atom is 0.208 e. The standard InChI is InChI=1S/C10H15N7S/c1-7(2)3-17-8(12-5-14-17)4-16-6-13-10(15-16)9(11)18/h5-7H,3-4H2,1-2H3,(H2,11,18). The number of nitrogens with zero attached hydrogens (tertiary/aromatic N) is 6. The van der Waals surface area contributed by atoms with E-state index in [4.69, 9.17) is 18.0 Å². The Hall–Kier alpha value is -1.83. The summed E-state index contributed by atoms with van der Waals surface area (Å²) in [7, 11) is 0. The van der Waals surface area contributed by atoms with Crippen LogP contribution >= 0.6 is 12.2 Å². The van der Waals surface area contributed by atoms with Gasteiger partial charge in [-0.05, 0) is 5.92 Å². The fourth-order valence-electron chi connectivity index (χ4n) is 1.54. The van der Waals surface area contributed by atoms with Crippen molar-refractivity contribution in [2.24, 2.45) is 11.7 Å². The molecule has 2 rings (SSSR count). The number of hydrogen-bond acceptors (Lipinski definition) is 5. The summed E-state index contributed by atoms with van der Waals surface area (Å²) in [5, 5.41) is 8.35. The highest BCUT2D eigenvalue weighted by atomic mass is 32.1. The molecule has 0 amide bonds. The van der Waals surface area contributed by atoms with E-state index in [2.05, 4.69) is 34.0 Å². The van der Waals surface area contributed by atoms with E-state index < -0.39 is 0 Å². The Balaban J connectivity index is 2.13. The van der Waals surface area contributed by atoms with Gasteiger partial charge in [-0.15, -0.1) is 5.10 Å². The molecule has 0 aliphatic carbocycles. The number of thiocarbonyl (C=S) groups is 1. The van der Waals surface area contributed by atoms with Crippen LogP contribution in [0.5, 0.6) is 0 Å². The molecule has 0 saturated heterocycles. The van der Waals surface area contributed by atoms with Crippen molar-refractivity contribution in [2.75, 3.05) is 0 Å². The lowest BCUT2D eigenvalue weighted by atomic mass is 10.2. The predicted molar refractivity (Wildman–Crippen MR) is 69.9 cm³/mol. The summed E-state index contributed by atoms with van der Waals surface area (Å²) in [4.78, 5) is 8.42. The van der Waals surface area contributed by atoms with Crippen LogP contribution in [0.2, 0.25) is 0 Å². The summed E-state index contributed by atoms with van der Waals surface area (Å²) in [6, 6.07) is 0. The first-order valence-electron chi connectivity index (χ1n) is 5.62. The van der Waals surface area contributed by atoms with Gasteiger partial charge in [0, 0.05) is 6.54 Å². The Kier molecular flexibility index (Phi) is 3.66. The maximum atomic E-state index is 5.46. The molecule has 0 radical (unpaired) electrons. The SMILES string of the molecule is CC(C)Cn1ncnc1Cn1cnc(C(N)=S)n1. The fourth-order valence-corrected chi connectivity index (χ4v) is 1.63. The number of rotatable bonds is 5. The zero-order valence-electron chi connectivity index (χ0n) is 10.3. The van der Waals surface area contributed by atoms with Gasteiger partial charge in [-0.3, -0.25) is 0 Å². The van der Waals surface area contributed by atoms with Gasteiger partial charge in [-0.25, -0.2) is 19.3 Å². The van der Waals surface area contributed by atoms with E-state index in [-0.39, 0.29) is 4.99 Å². The van der Waals surface area contributed by atoms with Gasteiger partial charge in [0.1, 0.15) is 30.0 Å². The van der Waals surface area contributed by atoms with Gasteiger partial charge < -0.3 is 5.73 Å². The summed E-state index contributed by atoms with van der Waals surface area (Å²) in [5.41, 5.74) is 5.46. The number of aromatic nitrogens is 6. The molecule has 7 nitrogen and oxygen atoms in total. The third-order valence-electron chi connectivity index (χ3n) is 2.29. The lowest BCUT2D eigenvalue weighted by Crippen LogP contribution is -2.15. The topological polar surface area (TPSA) is 87.4 Å². The van der Waals surface area contributed by atoms with Crippen molar-refractivity contribution < 1.29 is 0 Å². The molecule has 0 aliphatic heterocycles. The third kappa shape index (κ3) is 2.89. The van der Waals surface area contributed by atoms with Crippen molar-refractivity contribution in [1.29, 1.82) is 0 Å². The van der Waals surface area contributed by atoms with Gasteiger partial charge >= 0.3 is 0 Å². The van der Waals surface area contributed by atoms with E-state index in [0.717, 1.165) is 12.4 Å². The van der Waals surface area contributed by atoms with Crippen molar-refractivity contribution in [3.8, 4) is 0 Å². The van der Waals surface area contributed by atoms with E-state index in [0.29, 0.717) is 18.3 Å². The monoisotopic (exact) mass is 265 g/mol. The molecule has 0 spiro atoms. The highest BCUT2D eigenvalue weighted by Crippen LogP contribution is 2.03. The smallest absolute Gasteiger partial charge is 0.208 e. The van der Waals surface area contributed by atoms with E-state index in [1.165, 1.54) is 0 Å². The van der Waals surface area contributed by atoms with Crippen LogP contribution in [0.25, 0.3) is 0 Å². The van der Waals surface area contributed by atoms with Crippen LogP contribution in [-0.2, 0) is 13.1 Å². The first kappa shape index (κ1) is 12.6. The summed E-state index contributed by atoms with van der Waals surface area (Å²) in [5.74, 6) is 1.72. The van der Waals surface area contributed by atoms with Gasteiger partial charge in [0.25, 0.3) is 0 Å². The van der Waals surface area contributed by atoms with Crippen LogP contribution in [0.15, 0.2) is 12.7 Å². The third-order valence-corrected chi connectivity index (χ3v) is 2.48. The van der Waals surface area contributed by atoms with Gasteiger partial charge in [0.05, 0.1) is 0 Å². The average molecular weight is 265 g/mol. The Morgan fingerprint density at radius 1 is 1.44 bits per heavy atom. The average Bonchev–Trinajstić information content (AvgIpc) is 2.89. The molecular weight excluding hydrogens is 250 g/mol. The van der Waals surface area contributed by atoms with Gasteiger partial charge in [0.15, 0.2) is 0 Å². The van der Waals surface area contributed by atoms with E-state index >= 15 is 0 Å². The molecule has 0 atom stereocenters. The zero-order valence-corrected chi connectivity index (χ0v) is 11.1. The molecule has 0 aromatic carbocycles. The van der Waals surface area contributed by atoms with Crippen LogP contribution in [0.1, 0.15) is 25.5 Å². The van der Waals surface area contributed by atoms with Crippen LogP contribution in [0, 0.1) is 5.92 Å². The molecule has 2 aromatic heterocycles. The Labute approximate surface area is 110 Å². The molecule has 8 heteroatoms. The van der Waals surface area contributed by atoms with Gasteiger partial charge in [-0.2, -0.15) is 5.10 Å². The van der Waals surface area contributed by atoms with Crippen molar-refractivity contribution in [3.05, 3.63) is 24.3 Å². The van der Waals surface area contributed by atoms with Crippen LogP contribution in [0.3, 0.4) is 0 Å². The van der Waals surface area contributed by atoms with Crippen LogP contribution in [-0.4, -0.2) is 34.5 Å². The summed E-state index contributed by atoms with van der Waals surface area (Å²) in [6.45, 7) is 5.59. The van der Waals surface area contributed by atoms with Crippen LogP contribution < -0.4 is 5.73 Å². The first-order chi connectivity index (χ1) is 8.56. The lowest BCUT2D eigenvalue weighted by molar-refractivity contribution is 0.456. The second-order valence-electron chi connectivity index (χ2n) is 4.38. The van der Waals surface area contributed by atoms with Crippen molar-refractivity contribution in [1.82, 2.24) is 29.5 Å². The Morgan fingerprint density at radius 2 is 2.22 bits per heavy atom. The second kappa shape index (κ2) is 5.21. The number of hydrogen-bond donors (Lipinski definition) is 1.